The van der Waals surface area contributed by atoms with Gasteiger partial charge in [-0.1, -0.05) is 24.6 Å². The molecule has 0 radical (unpaired) electrons. The molecular weight excluding hydrogens is 204 g/mol. The minimum atomic E-state index is -1.33. The zero-order valence-electron chi connectivity index (χ0n) is 9.23. The van der Waals surface area contributed by atoms with E-state index in [2.05, 4.69) is 41.4 Å². The maximum atomic E-state index is 8.78. The third-order valence-corrected chi connectivity index (χ3v) is 2.59. The lowest BCUT2D eigenvalue weighted by molar-refractivity contribution is 0.205. The van der Waals surface area contributed by atoms with E-state index in [4.69, 9.17) is 9.90 Å². The van der Waals surface area contributed by atoms with Crippen molar-refractivity contribution in [1.82, 2.24) is 0 Å². The van der Waals surface area contributed by atoms with Gasteiger partial charge < -0.3 is 16.2 Å². The molecule has 0 spiro atoms. The smallest absolute Gasteiger partial charge is 0.402 e. The quantitative estimate of drug-likeness (QED) is 0.735. The highest BCUT2D eigenvalue weighted by molar-refractivity contribution is 5.61. The summed E-state index contributed by atoms with van der Waals surface area (Å²) in [4.78, 5) is 8.78. The van der Waals surface area contributed by atoms with Gasteiger partial charge in [0.2, 0.25) is 0 Å². The van der Waals surface area contributed by atoms with Crippen molar-refractivity contribution in [2.45, 2.75) is 19.3 Å². The SMILES string of the molecule is NC(=O)O.c1ccc(NCC2CCC2)cc1. The molecule has 2 rings (SSSR count). The van der Waals surface area contributed by atoms with Gasteiger partial charge in [-0.25, -0.2) is 4.79 Å². The minimum Gasteiger partial charge on any atom is -0.465 e. The van der Waals surface area contributed by atoms with Crippen LogP contribution in [0.1, 0.15) is 19.3 Å². The Hall–Kier alpha value is -1.71. The molecular formula is C12H18N2O2. The molecule has 0 bridgehead atoms. The molecule has 0 heterocycles. The standard InChI is InChI=1S/C11H15N.CH3NO2/c1-2-7-11(8-3-1)12-9-10-5-4-6-10;2-1(3)4/h1-3,7-8,10,12H,4-6,9H2;2H2,(H,3,4). The highest BCUT2D eigenvalue weighted by Crippen LogP contribution is 2.26. The lowest BCUT2D eigenvalue weighted by atomic mass is 9.85. The van der Waals surface area contributed by atoms with Crippen molar-refractivity contribution in [2.75, 3.05) is 11.9 Å². The van der Waals surface area contributed by atoms with Crippen LogP contribution < -0.4 is 11.1 Å². The van der Waals surface area contributed by atoms with Crippen LogP contribution in [0.4, 0.5) is 10.5 Å². The third kappa shape index (κ3) is 5.24. The molecule has 0 saturated heterocycles. The van der Waals surface area contributed by atoms with Crippen LogP contribution in [0.5, 0.6) is 0 Å². The van der Waals surface area contributed by atoms with Crippen molar-refractivity contribution in [2.24, 2.45) is 11.7 Å². The Morgan fingerprint density at radius 2 is 1.94 bits per heavy atom. The molecule has 1 amide bonds. The number of primary amides is 1. The van der Waals surface area contributed by atoms with Gasteiger partial charge in [-0.3, -0.25) is 0 Å². The van der Waals surface area contributed by atoms with E-state index in [9.17, 15) is 0 Å². The molecule has 1 aromatic carbocycles. The number of nitrogens with two attached hydrogens (primary N) is 1. The van der Waals surface area contributed by atoms with Crippen LogP contribution in [0.15, 0.2) is 30.3 Å². The number of rotatable bonds is 3. The number of nitrogens with one attached hydrogen (secondary N) is 1. The van der Waals surface area contributed by atoms with E-state index in [0.29, 0.717) is 0 Å². The first-order valence-corrected chi connectivity index (χ1v) is 5.46. The summed E-state index contributed by atoms with van der Waals surface area (Å²) in [7, 11) is 0. The van der Waals surface area contributed by atoms with Crippen molar-refractivity contribution in [1.29, 1.82) is 0 Å². The van der Waals surface area contributed by atoms with Crippen LogP contribution in [-0.4, -0.2) is 17.7 Å². The van der Waals surface area contributed by atoms with Gasteiger partial charge in [0, 0.05) is 12.2 Å². The minimum absolute atomic E-state index is 0.935. The summed E-state index contributed by atoms with van der Waals surface area (Å²) < 4.78 is 0. The van der Waals surface area contributed by atoms with Crippen molar-refractivity contribution >= 4 is 11.8 Å². The largest absolute Gasteiger partial charge is 0.465 e. The number of amides is 1. The second kappa shape index (κ2) is 6.71. The van der Waals surface area contributed by atoms with Crippen LogP contribution in [0.3, 0.4) is 0 Å². The molecule has 0 unspecified atom stereocenters. The van der Waals surface area contributed by atoms with Crippen LogP contribution in [0.25, 0.3) is 0 Å². The van der Waals surface area contributed by atoms with Crippen molar-refractivity contribution < 1.29 is 9.90 Å². The maximum absolute atomic E-state index is 8.78. The van der Waals surface area contributed by atoms with Crippen molar-refractivity contribution in [3.05, 3.63) is 30.3 Å². The predicted octanol–water partition coefficient (Wildman–Crippen LogP) is 2.52. The Labute approximate surface area is 95.5 Å². The fourth-order valence-electron chi connectivity index (χ4n) is 1.52. The Morgan fingerprint density at radius 3 is 2.38 bits per heavy atom. The molecule has 0 aromatic heterocycles. The van der Waals surface area contributed by atoms with E-state index >= 15 is 0 Å². The van der Waals surface area contributed by atoms with Gasteiger partial charge in [-0.15, -0.1) is 0 Å². The highest BCUT2D eigenvalue weighted by atomic mass is 16.4. The van der Waals surface area contributed by atoms with Crippen LogP contribution in [0, 0.1) is 5.92 Å². The summed E-state index contributed by atoms with van der Waals surface area (Å²) in [6.07, 6.45) is 2.93. The van der Waals surface area contributed by atoms with Gasteiger partial charge in [0.05, 0.1) is 0 Å². The van der Waals surface area contributed by atoms with E-state index in [1.165, 1.54) is 24.9 Å². The number of hydrogen-bond donors (Lipinski definition) is 3. The van der Waals surface area contributed by atoms with E-state index in [1.807, 2.05) is 0 Å². The second-order valence-electron chi connectivity index (χ2n) is 3.88. The summed E-state index contributed by atoms with van der Waals surface area (Å²) in [5.41, 5.74) is 5.28. The number of hydrogen-bond acceptors (Lipinski definition) is 2. The molecule has 1 aliphatic carbocycles. The van der Waals surface area contributed by atoms with E-state index in [-0.39, 0.29) is 0 Å². The summed E-state index contributed by atoms with van der Waals surface area (Å²) in [6, 6.07) is 10.4. The predicted molar refractivity (Wildman–Crippen MR) is 64.5 cm³/mol. The second-order valence-corrected chi connectivity index (χ2v) is 3.88. The Balaban J connectivity index is 0.000000280. The third-order valence-electron chi connectivity index (χ3n) is 2.59. The molecule has 1 aromatic rings. The zero-order valence-corrected chi connectivity index (χ0v) is 9.23. The fraction of sp³-hybridized carbons (Fsp3) is 0.417. The summed E-state index contributed by atoms with van der Waals surface area (Å²) in [5, 5.41) is 10.6. The topological polar surface area (TPSA) is 75.4 Å². The normalized spacial score (nSPS) is 14.2. The van der Waals surface area contributed by atoms with Crippen LogP contribution >= 0.6 is 0 Å². The Bertz CT molecular complexity index is 306. The molecule has 16 heavy (non-hydrogen) atoms. The van der Waals surface area contributed by atoms with Gasteiger partial charge in [0.1, 0.15) is 0 Å². The van der Waals surface area contributed by atoms with Crippen molar-refractivity contribution in [3.8, 4) is 0 Å². The average molecular weight is 222 g/mol. The van der Waals surface area contributed by atoms with Crippen LogP contribution in [-0.2, 0) is 0 Å². The Morgan fingerprint density at radius 1 is 1.38 bits per heavy atom. The summed E-state index contributed by atoms with van der Waals surface area (Å²) >= 11 is 0. The number of carbonyl (C=O) groups is 1. The molecule has 4 heteroatoms. The number of para-hydroxylation sites is 1. The first-order chi connectivity index (χ1) is 7.68. The number of carboxylic acid groups (broad SMARTS) is 1. The van der Waals surface area contributed by atoms with E-state index in [0.717, 1.165) is 12.5 Å². The van der Waals surface area contributed by atoms with Gasteiger partial charge >= 0.3 is 6.09 Å². The lowest BCUT2D eigenvalue weighted by Crippen LogP contribution is -2.20. The van der Waals surface area contributed by atoms with Crippen LogP contribution in [0.2, 0.25) is 0 Å². The summed E-state index contributed by atoms with van der Waals surface area (Å²) in [6.45, 7) is 1.16. The van der Waals surface area contributed by atoms with E-state index < -0.39 is 6.09 Å². The molecule has 0 aliphatic heterocycles. The van der Waals surface area contributed by atoms with Gasteiger partial charge in [-0.05, 0) is 30.9 Å². The molecule has 88 valence electrons. The summed E-state index contributed by atoms with van der Waals surface area (Å²) in [5.74, 6) is 0.935. The average Bonchev–Trinajstić information content (AvgIpc) is 2.16. The van der Waals surface area contributed by atoms with Gasteiger partial charge in [0.25, 0.3) is 0 Å². The molecule has 1 saturated carbocycles. The molecule has 1 fully saturated rings. The number of benzene rings is 1. The molecule has 4 N–H and O–H groups in total. The fourth-order valence-corrected chi connectivity index (χ4v) is 1.52. The van der Waals surface area contributed by atoms with Crippen molar-refractivity contribution in [3.63, 3.8) is 0 Å². The van der Waals surface area contributed by atoms with Gasteiger partial charge in [0.15, 0.2) is 0 Å². The molecule has 1 aliphatic rings. The lowest BCUT2D eigenvalue weighted by Gasteiger charge is -2.25. The maximum Gasteiger partial charge on any atom is 0.402 e. The monoisotopic (exact) mass is 222 g/mol. The highest BCUT2D eigenvalue weighted by Gasteiger charge is 2.16. The first-order valence-electron chi connectivity index (χ1n) is 5.46. The Kier molecular flexibility index (Phi) is 5.19. The molecule has 4 nitrogen and oxygen atoms in total. The first kappa shape index (κ1) is 12.4. The van der Waals surface area contributed by atoms with Gasteiger partial charge in [-0.2, -0.15) is 0 Å². The van der Waals surface area contributed by atoms with E-state index in [1.54, 1.807) is 0 Å². The number of anilines is 1. The zero-order chi connectivity index (χ0) is 11.8. The molecule has 0 atom stereocenters.